The molecule has 132 valence electrons. The van der Waals surface area contributed by atoms with Crippen molar-refractivity contribution in [2.45, 2.75) is 13.1 Å². The molecule has 0 amide bonds. The van der Waals surface area contributed by atoms with Crippen LogP contribution >= 0.6 is 0 Å². The predicted octanol–water partition coefficient (Wildman–Crippen LogP) is 0.840. The lowest BCUT2D eigenvalue weighted by atomic mass is 10.3. The lowest BCUT2D eigenvalue weighted by molar-refractivity contribution is 0.231. The number of nitrogens with zero attached hydrogens (tertiary/aromatic N) is 2. The van der Waals surface area contributed by atoms with E-state index in [9.17, 15) is 0 Å². The van der Waals surface area contributed by atoms with Gasteiger partial charge in [-0.1, -0.05) is 0 Å². The highest BCUT2D eigenvalue weighted by molar-refractivity contribution is 5.04. The molecule has 0 saturated carbocycles. The van der Waals surface area contributed by atoms with Crippen LogP contribution in [0.1, 0.15) is 11.4 Å². The van der Waals surface area contributed by atoms with Crippen LogP contribution in [0.25, 0.3) is 0 Å². The van der Waals surface area contributed by atoms with Gasteiger partial charge in [0.1, 0.15) is 0 Å². The quantitative estimate of drug-likeness (QED) is 0.671. The second-order valence-electron chi connectivity index (χ2n) is 6.44. The van der Waals surface area contributed by atoms with Crippen LogP contribution in [0.4, 0.5) is 0 Å². The highest BCUT2D eigenvalue weighted by atomic mass is 15.2. The Morgan fingerprint density at radius 3 is 1.42 bits per heavy atom. The standard InChI is InChI=1S/C18H30N6/c1-3-17(21-5-1)15-23-11-7-19-9-13-24(14-10-20-8-12-23)16-18-4-2-6-22-18/h1-6,19-22H,7-16H2. The van der Waals surface area contributed by atoms with Gasteiger partial charge in [0, 0.05) is 89.2 Å². The van der Waals surface area contributed by atoms with Gasteiger partial charge in [0.05, 0.1) is 0 Å². The van der Waals surface area contributed by atoms with Crippen LogP contribution in [0.5, 0.6) is 0 Å². The molecule has 0 aliphatic carbocycles. The second kappa shape index (κ2) is 9.64. The molecular weight excluding hydrogens is 300 g/mol. The molecule has 3 rings (SSSR count). The number of aromatic amines is 2. The summed E-state index contributed by atoms with van der Waals surface area (Å²) in [6, 6.07) is 8.47. The third-order valence-corrected chi connectivity index (χ3v) is 4.53. The summed E-state index contributed by atoms with van der Waals surface area (Å²) in [6.07, 6.45) is 4.00. The van der Waals surface area contributed by atoms with Crippen LogP contribution in [0, 0.1) is 0 Å². The van der Waals surface area contributed by atoms with E-state index >= 15 is 0 Å². The van der Waals surface area contributed by atoms with E-state index in [1.807, 2.05) is 12.4 Å². The molecule has 0 bridgehead atoms. The lowest BCUT2D eigenvalue weighted by Crippen LogP contribution is -2.42. The van der Waals surface area contributed by atoms with Crippen LogP contribution < -0.4 is 10.6 Å². The van der Waals surface area contributed by atoms with Crippen molar-refractivity contribution in [1.29, 1.82) is 0 Å². The van der Waals surface area contributed by atoms with Crippen molar-refractivity contribution in [2.24, 2.45) is 0 Å². The fraction of sp³-hybridized carbons (Fsp3) is 0.556. The maximum atomic E-state index is 3.60. The van der Waals surface area contributed by atoms with Gasteiger partial charge in [0.2, 0.25) is 0 Å². The molecular formula is C18H30N6. The molecule has 24 heavy (non-hydrogen) atoms. The highest BCUT2D eigenvalue weighted by Crippen LogP contribution is 2.02. The first-order valence-corrected chi connectivity index (χ1v) is 9.01. The first kappa shape index (κ1) is 17.2. The van der Waals surface area contributed by atoms with Crippen LogP contribution in [0.15, 0.2) is 36.7 Å². The van der Waals surface area contributed by atoms with Crippen molar-refractivity contribution in [3.8, 4) is 0 Å². The normalized spacial score (nSPS) is 19.7. The molecule has 0 spiro atoms. The smallest absolute Gasteiger partial charge is 0.0386 e. The lowest BCUT2D eigenvalue weighted by Gasteiger charge is -2.26. The summed E-state index contributed by atoms with van der Waals surface area (Å²) in [5, 5.41) is 7.20. The Labute approximate surface area is 144 Å². The summed E-state index contributed by atoms with van der Waals surface area (Å²) in [6.45, 7) is 10.5. The number of hydrogen-bond donors (Lipinski definition) is 4. The Kier molecular flexibility index (Phi) is 6.92. The Bertz CT molecular complexity index is 474. The molecule has 3 heterocycles. The molecule has 1 fully saturated rings. The maximum absolute atomic E-state index is 3.60. The Morgan fingerprint density at radius 1 is 0.667 bits per heavy atom. The summed E-state index contributed by atoms with van der Waals surface area (Å²) < 4.78 is 0. The monoisotopic (exact) mass is 330 g/mol. The molecule has 1 saturated heterocycles. The fourth-order valence-electron chi connectivity index (χ4n) is 3.15. The molecule has 0 radical (unpaired) electrons. The largest absolute Gasteiger partial charge is 0.364 e. The molecule has 6 nitrogen and oxygen atoms in total. The summed E-state index contributed by atoms with van der Waals surface area (Å²) in [4.78, 5) is 11.6. The maximum Gasteiger partial charge on any atom is 0.0386 e. The molecule has 1 aliphatic rings. The minimum absolute atomic E-state index is 0.995. The van der Waals surface area contributed by atoms with E-state index in [-0.39, 0.29) is 0 Å². The zero-order valence-electron chi connectivity index (χ0n) is 14.4. The Hall–Kier alpha value is -1.60. The van der Waals surface area contributed by atoms with Crippen LogP contribution in [-0.4, -0.2) is 72.1 Å². The number of H-pyrrole nitrogens is 2. The molecule has 6 heteroatoms. The first-order chi connectivity index (χ1) is 11.9. The van der Waals surface area contributed by atoms with Crippen molar-refractivity contribution in [3.63, 3.8) is 0 Å². The summed E-state index contributed by atoms with van der Waals surface area (Å²) in [5.74, 6) is 0. The van der Waals surface area contributed by atoms with Gasteiger partial charge in [0.25, 0.3) is 0 Å². The van der Waals surface area contributed by atoms with Gasteiger partial charge in [0.15, 0.2) is 0 Å². The Morgan fingerprint density at radius 2 is 1.08 bits per heavy atom. The van der Waals surface area contributed by atoms with E-state index in [0.717, 1.165) is 65.4 Å². The zero-order valence-corrected chi connectivity index (χ0v) is 14.4. The van der Waals surface area contributed by atoms with Gasteiger partial charge >= 0.3 is 0 Å². The minimum atomic E-state index is 0.995. The average Bonchev–Trinajstić information content (AvgIpc) is 3.25. The molecule has 1 aliphatic heterocycles. The van der Waals surface area contributed by atoms with Gasteiger partial charge < -0.3 is 20.6 Å². The van der Waals surface area contributed by atoms with E-state index in [1.165, 1.54) is 11.4 Å². The third-order valence-electron chi connectivity index (χ3n) is 4.53. The Balaban J connectivity index is 1.45. The van der Waals surface area contributed by atoms with Crippen LogP contribution in [-0.2, 0) is 13.1 Å². The molecule has 4 N–H and O–H groups in total. The topological polar surface area (TPSA) is 62.1 Å². The third kappa shape index (κ3) is 5.79. The van der Waals surface area contributed by atoms with E-state index in [0.29, 0.717) is 0 Å². The average molecular weight is 330 g/mol. The molecule has 2 aromatic rings. The van der Waals surface area contributed by atoms with Gasteiger partial charge in [-0.2, -0.15) is 0 Å². The van der Waals surface area contributed by atoms with Crippen molar-refractivity contribution in [1.82, 2.24) is 30.4 Å². The van der Waals surface area contributed by atoms with Crippen molar-refractivity contribution in [2.75, 3.05) is 52.4 Å². The second-order valence-corrected chi connectivity index (χ2v) is 6.44. The molecule has 0 atom stereocenters. The fourth-order valence-corrected chi connectivity index (χ4v) is 3.15. The van der Waals surface area contributed by atoms with Gasteiger partial charge in [-0.3, -0.25) is 9.80 Å². The van der Waals surface area contributed by atoms with Gasteiger partial charge in [-0.25, -0.2) is 0 Å². The van der Waals surface area contributed by atoms with Gasteiger partial charge in [-0.15, -0.1) is 0 Å². The summed E-state index contributed by atoms with van der Waals surface area (Å²) in [7, 11) is 0. The number of aromatic nitrogens is 2. The van der Waals surface area contributed by atoms with Crippen molar-refractivity contribution < 1.29 is 0 Å². The molecule has 2 aromatic heterocycles. The number of hydrogen-bond acceptors (Lipinski definition) is 4. The number of rotatable bonds is 4. The molecule has 0 aromatic carbocycles. The van der Waals surface area contributed by atoms with E-state index in [1.54, 1.807) is 0 Å². The molecule has 0 unspecified atom stereocenters. The SMILES string of the molecule is c1c[nH]c(CN2CCNCCN(Cc3ccc[nH]3)CCNCC2)c1. The zero-order chi connectivity index (χ0) is 16.5. The van der Waals surface area contributed by atoms with Crippen LogP contribution in [0.3, 0.4) is 0 Å². The summed E-state index contributed by atoms with van der Waals surface area (Å²) in [5.41, 5.74) is 2.58. The summed E-state index contributed by atoms with van der Waals surface area (Å²) >= 11 is 0. The minimum Gasteiger partial charge on any atom is -0.364 e. The van der Waals surface area contributed by atoms with Crippen LogP contribution in [0.2, 0.25) is 0 Å². The van der Waals surface area contributed by atoms with Crippen molar-refractivity contribution >= 4 is 0 Å². The van der Waals surface area contributed by atoms with Crippen molar-refractivity contribution in [3.05, 3.63) is 48.0 Å². The van der Waals surface area contributed by atoms with E-state index < -0.39 is 0 Å². The van der Waals surface area contributed by atoms with E-state index in [2.05, 4.69) is 54.7 Å². The highest BCUT2D eigenvalue weighted by Gasteiger charge is 2.10. The first-order valence-electron chi connectivity index (χ1n) is 9.01. The predicted molar refractivity (Wildman–Crippen MR) is 97.9 cm³/mol. The number of nitrogens with one attached hydrogen (secondary N) is 4. The van der Waals surface area contributed by atoms with Gasteiger partial charge in [-0.05, 0) is 24.3 Å². The van der Waals surface area contributed by atoms with E-state index in [4.69, 9.17) is 0 Å².